The number of hydrogen-bond donors (Lipinski definition) is 1. The zero-order valence-corrected chi connectivity index (χ0v) is 10.9. The van der Waals surface area contributed by atoms with Gasteiger partial charge >= 0.3 is 5.97 Å². The number of pyridine rings is 1. The van der Waals surface area contributed by atoms with Crippen LogP contribution in [0.25, 0.3) is 0 Å². The maximum absolute atomic E-state index is 11.6. The molecule has 98 valence electrons. The van der Waals surface area contributed by atoms with Crippen LogP contribution in [0, 0.1) is 5.92 Å². The van der Waals surface area contributed by atoms with E-state index in [-0.39, 0.29) is 5.92 Å². The van der Waals surface area contributed by atoms with Gasteiger partial charge < -0.3 is 14.7 Å². The molecule has 0 spiro atoms. The SMILES string of the molecule is COC(=O)c1cccnc1N1CC(O)(C(C)C)C1. The van der Waals surface area contributed by atoms with Gasteiger partial charge in [0.05, 0.1) is 20.2 Å². The molecule has 1 N–H and O–H groups in total. The molecule has 1 saturated heterocycles. The molecule has 1 aliphatic heterocycles. The minimum atomic E-state index is -0.690. The molecule has 0 aliphatic carbocycles. The molecule has 0 aromatic carbocycles. The second-order valence-corrected chi connectivity index (χ2v) is 4.98. The zero-order chi connectivity index (χ0) is 13.3. The number of aromatic nitrogens is 1. The monoisotopic (exact) mass is 250 g/mol. The highest BCUT2D eigenvalue weighted by atomic mass is 16.5. The Balaban J connectivity index is 2.19. The molecule has 0 atom stereocenters. The van der Waals surface area contributed by atoms with Crippen LogP contribution < -0.4 is 4.90 Å². The van der Waals surface area contributed by atoms with E-state index >= 15 is 0 Å². The molecule has 1 fully saturated rings. The lowest BCUT2D eigenvalue weighted by Crippen LogP contribution is -2.65. The predicted molar refractivity (Wildman–Crippen MR) is 67.6 cm³/mol. The Labute approximate surface area is 106 Å². The predicted octanol–water partition coefficient (Wildman–Crippen LogP) is 1.08. The van der Waals surface area contributed by atoms with E-state index in [4.69, 9.17) is 4.74 Å². The van der Waals surface area contributed by atoms with Gasteiger partial charge in [-0.3, -0.25) is 0 Å². The van der Waals surface area contributed by atoms with E-state index in [1.165, 1.54) is 7.11 Å². The number of β-amino-alcohol motifs (C(OH)–C–C–N with tert-alkyl or cyclic N) is 1. The molecule has 0 bridgehead atoms. The highest BCUT2D eigenvalue weighted by Gasteiger charge is 2.45. The van der Waals surface area contributed by atoms with Crippen LogP contribution in [0.3, 0.4) is 0 Å². The molecule has 0 unspecified atom stereocenters. The van der Waals surface area contributed by atoms with Crippen molar-refractivity contribution in [2.75, 3.05) is 25.1 Å². The number of anilines is 1. The minimum Gasteiger partial charge on any atom is -0.465 e. The van der Waals surface area contributed by atoms with Crippen LogP contribution in [-0.2, 0) is 4.74 Å². The molecular weight excluding hydrogens is 232 g/mol. The number of hydrogen-bond acceptors (Lipinski definition) is 5. The summed E-state index contributed by atoms with van der Waals surface area (Å²) in [7, 11) is 1.35. The summed E-state index contributed by atoms with van der Waals surface area (Å²) >= 11 is 0. The Hall–Kier alpha value is -1.62. The number of rotatable bonds is 3. The van der Waals surface area contributed by atoms with Gasteiger partial charge in [0, 0.05) is 6.20 Å². The second-order valence-electron chi connectivity index (χ2n) is 4.98. The first kappa shape index (κ1) is 12.8. The average Bonchev–Trinajstić information content (AvgIpc) is 2.33. The molecule has 2 rings (SSSR count). The summed E-state index contributed by atoms with van der Waals surface area (Å²) in [4.78, 5) is 17.7. The van der Waals surface area contributed by atoms with Crippen molar-refractivity contribution in [3.8, 4) is 0 Å². The summed E-state index contributed by atoms with van der Waals surface area (Å²) in [5, 5.41) is 10.2. The summed E-state index contributed by atoms with van der Waals surface area (Å²) in [5.74, 6) is 0.354. The van der Waals surface area contributed by atoms with E-state index < -0.39 is 11.6 Å². The molecule has 2 heterocycles. The largest absolute Gasteiger partial charge is 0.465 e. The number of carbonyl (C=O) groups is 1. The lowest BCUT2D eigenvalue weighted by atomic mass is 9.83. The van der Waals surface area contributed by atoms with Crippen molar-refractivity contribution in [1.29, 1.82) is 0 Å². The average molecular weight is 250 g/mol. The molecular formula is C13H18N2O3. The van der Waals surface area contributed by atoms with Crippen molar-refractivity contribution >= 4 is 11.8 Å². The van der Waals surface area contributed by atoms with Gasteiger partial charge in [0.1, 0.15) is 17.0 Å². The molecule has 1 aromatic heterocycles. The van der Waals surface area contributed by atoms with Crippen LogP contribution in [0.1, 0.15) is 24.2 Å². The molecule has 5 nitrogen and oxygen atoms in total. The van der Waals surface area contributed by atoms with Crippen LogP contribution >= 0.6 is 0 Å². The van der Waals surface area contributed by atoms with E-state index in [1.54, 1.807) is 18.3 Å². The zero-order valence-electron chi connectivity index (χ0n) is 10.9. The molecule has 0 saturated carbocycles. The topological polar surface area (TPSA) is 62.7 Å². The van der Waals surface area contributed by atoms with E-state index in [1.807, 2.05) is 18.7 Å². The summed E-state index contributed by atoms with van der Waals surface area (Å²) in [6.45, 7) is 4.95. The van der Waals surface area contributed by atoms with Crippen LogP contribution in [0.5, 0.6) is 0 Å². The van der Waals surface area contributed by atoms with Crippen LogP contribution in [-0.4, -0.2) is 41.9 Å². The minimum absolute atomic E-state index is 0.180. The Morgan fingerprint density at radius 2 is 2.22 bits per heavy atom. The maximum Gasteiger partial charge on any atom is 0.341 e. The van der Waals surface area contributed by atoms with E-state index in [2.05, 4.69) is 4.98 Å². The second kappa shape index (κ2) is 4.57. The highest BCUT2D eigenvalue weighted by molar-refractivity contribution is 5.94. The first-order chi connectivity index (χ1) is 8.48. The molecule has 5 heteroatoms. The van der Waals surface area contributed by atoms with Crippen LogP contribution in [0.15, 0.2) is 18.3 Å². The number of carbonyl (C=O) groups excluding carboxylic acids is 1. The lowest BCUT2D eigenvalue weighted by Gasteiger charge is -2.49. The molecule has 0 radical (unpaired) electrons. The number of methoxy groups -OCH3 is 1. The van der Waals surface area contributed by atoms with Gasteiger partial charge in [-0.15, -0.1) is 0 Å². The van der Waals surface area contributed by atoms with Gasteiger partial charge in [-0.25, -0.2) is 9.78 Å². The highest BCUT2D eigenvalue weighted by Crippen LogP contribution is 2.33. The smallest absolute Gasteiger partial charge is 0.341 e. The third kappa shape index (κ3) is 2.06. The number of aliphatic hydroxyl groups is 1. The Morgan fingerprint density at radius 3 is 2.78 bits per heavy atom. The van der Waals surface area contributed by atoms with Crippen molar-refractivity contribution in [2.45, 2.75) is 19.4 Å². The van der Waals surface area contributed by atoms with Crippen molar-refractivity contribution in [3.05, 3.63) is 23.9 Å². The van der Waals surface area contributed by atoms with Crippen molar-refractivity contribution in [1.82, 2.24) is 4.98 Å². The molecule has 18 heavy (non-hydrogen) atoms. The molecule has 1 aliphatic rings. The fourth-order valence-electron chi connectivity index (χ4n) is 2.05. The van der Waals surface area contributed by atoms with Crippen molar-refractivity contribution < 1.29 is 14.6 Å². The summed E-state index contributed by atoms with van der Waals surface area (Å²) < 4.78 is 4.73. The summed E-state index contributed by atoms with van der Waals surface area (Å²) in [6.07, 6.45) is 1.63. The van der Waals surface area contributed by atoms with Gasteiger partial charge in [-0.05, 0) is 18.1 Å². The van der Waals surface area contributed by atoms with E-state index in [9.17, 15) is 9.90 Å². The Kier molecular flexibility index (Phi) is 3.26. The van der Waals surface area contributed by atoms with Gasteiger partial charge in [0.2, 0.25) is 0 Å². The standard InChI is InChI=1S/C13H18N2O3/c1-9(2)13(17)7-15(8-13)11-10(12(16)18-3)5-4-6-14-11/h4-6,9,17H,7-8H2,1-3H3. The fourth-order valence-corrected chi connectivity index (χ4v) is 2.05. The Morgan fingerprint density at radius 1 is 1.56 bits per heavy atom. The van der Waals surface area contributed by atoms with Gasteiger partial charge in [0.15, 0.2) is 0 Å². The normalized spacial score (nSPS) is 17.5. The first-order valence-electron chi connectivity index (χ1n) is 5.98. The quantitative estimate of drug-likeness (QED) is 0.813. The number of esters is 1. The maximum atomic E-state index is 11.6. The summed E-state index contributed by atoms with van der Waals surface area (Å²) in [5.41, 5.74) is -0.254. The lowest BCUT2D eigenvalue weighted by molar-refractivity contribution is -0.0305. The van der Waals surface area contributed by atoms with Gasteiger partial charge in [-0.2, -0.15) is 0 Å². The van der Waals surface area contributed by atoms with Gasteiger partial charge in [-0.1, -0.05) is 13.8 Å². The molecule has 0 amide bonds. The first-order valence-corrected chi connectivity index (χ1v) is 5.98. The Bertz CT molecular complexity index is 453. The van der Waals surface area contributed by atoms with Crippen LogP contribution in [0.2, 0.25) is 0 Å². The van der Waals surface area contributed by atoms with Crippen molar-refractivity contribution in [3.63, 3.8) is 0 Å². The third-order valence-electron chi connectivity index (χ3n) is 3.50. The third-order valence-corrected chi connectivity index (χ3v) is 3.50. The number of nitrogens with zero attached hydrogens (tertiary/aromatic N) is 2. The summed E-state index contributed by atoms with van der Waals surface area (Å²) in [6, 6.07) is 3.38. The number of ether oxygens (including phenoxy) is 1. The van der Waals surface area contributed by atoms with E-state index in [0.717, 1.165) is 0 Å². The van der Waals surface area contributed by atoms with Crippen LogP contribution in [0.4, 0.5) is 5.82 Å². The van der Waals surface area contributed by atoms with Gasteiger partial charge in [0.25, 0.3) is 0 Å². The molecule has 1 aromatic rings. The van der Waals surface area contributed by atoms with E-state index in [0.29, 0.717) is 24.5 Å². The fraction of sp³-hybridized carbons (Fsp3) is 0.538. The van der Waals surface area contributed by atoms with Crippen molar-refractivity contribution in [2.24, 2.45) is 5.92 Å².